The van der Waals surface area contributed by atoms with Crippen LogP contribution < -0.4 is 5.32 Å². The van der Waals surface area contributed by atoms with Gasteiger partial charge in [0.1, 0.15) is 6.33 Å². The van der Waals surface area contributed by atoms with Crippen molar-refractivity contribution >= 4 is 40.8 Å². The standard InChI is InChI=1S/C16H11Cl2N5O3/c17-12-2-1-3-13(15(12)18)20-14(24)8-26-16(25)10-4-6-11(7-5-10)23-9-19-21-22-23/h1-7,9H,8H2,(H,20,24). The zero-order valence-electron chi connectivity index (χ0n) is 13.1. The Morgan fingerprint density at radius 3 is 2.58 bits per heavy atom. The van der Waals surface area contributed by atoms with Crippen LogP contribution in [0.2, 0.25) is 10.0 Å². The molecular formula is C16H11Cl2N5O3. The Kier molecular flexibility index (Phi) is 5.45. The highest BCUT2D eigenvalue weighted by atomic mass is 35.5. The lowest BCUT2D eigenvalue weighted by atomic mass is 10.2. The van der Waals surface area contributed by atoms with Crippen molar-refractivity contribution in [3.63, 3.8) is 0 Å². The maximum atomic E-state index is 12.0. The highest BCUT2D eigenvalue weighted by Gasteiger charge is 2.12. The summed E-state index contributed by atoms with van der Waals surface area (Å²) < 4.78 is 6.43. The Bertz CT molecular complexity index is 930. The summed E-state index contributed by atoms with van der Waals surface area (Å²) in [7, 11) is 0. The van der Waals surface area contributed by atoms with Gasteiger partial charge in [0.2, 0.25) is 0 Å². The first-order valence-electron chi connectivity index (χ1n) is 7.29. The molecule has 26 heavy (non-hydrogen) atoms. The van der Waals surface area contributed by atoms with Crippen LogP contribution in [0.4, 0.5) is 5.69 Å². The van der Waals surface area contributed by atoms with Gasteiger partial charge in [0.15, 0.2) is 6.61 Å². The molecule has 0 aliphatic rings. The van der Waals surface area contributed by atoms with E-state index >= 15 is 0 Å². The summed E-state index contributed by atoms with van der Waals surface area (Å²) in [6, 6.07) is 11.2. The summed E-state index contributed by atoms with van der Waals surface area (Å²) in [5.41, 5.74) is 1.31. The van der Waals surface area contributed by atoms with Crippen molar-refractivity contribution in [3.8, 4) is 5.69 Å². The number of nitrogens with one attached hydrogen (secondary N) is 1. The Morgan fingerprint density at radius 1 is 1.12 bits per heavy atom. The van der Waals surface area contributed by atoms with Crippen molar-refractivity contribution in [1.29, 1.82) is 0 Å². The molecule has 1 heterocycles. The Labute approximate surface area is 157 Å². The van der Waals surface area contributed by atoms with E-state index in [-0.39, 0.29) is 10.6 Å². The van der Waals surface area contributed by atoms with Crippen LogP contribution in [0.15, 0.2) is 48.8 Å². The maximum absolute atomic E-state index is 12.0. The summed E-state index contributed by atoms with van der Waals surface area (Å²) in [5, 5.41) is 13.9. The third-order valence-electron chi connectivity index (χ3n) is 3.28. The molecule has 1 amide bonds. The molecule has 1 N–H and O–H groups in total. The van der Waals surface area contributed by atoms with Crippen molar-refractivity contribution in [3.05, 3.63) is 64.4 Å². The van der Waals surface area contributed by atoms with Crippen LogP contribution in [-0.4, -0.2) is 38.7 Å². The highest BCUT2D eigenvalue weighted by molar-refractivity contribution is 6.44. The molecule has 0 saturated carbocycles. The minimum absolute atomic E-state index is 0.215. The minimum atomic E-state index is -0.638. The molecule has 0 aliphatic carbocycles. The van der Waals surface area contributed by atoms with Crippen molar-refractivity contribution in [2.75, 3.05) is 11.9 Å². The lowest BCUT2D eigenvalue weighted by Crippen LogP contribution is -2.21. The first-order valence-corrected chi connectivity index (χ1v) is 8.04. The largest absolute Gasteiger partial charge is 0.452 e. The second kappa shape index (κ2) is 7.94. The maximum Gasteiger partial charge on any atom is 0.338 e. The fourth-order valence-corrected chi connectivity index (χ4v) is 2.38. The van der Waals surface area contributed by atoms with Gasteiger partial charge in [0, 0.05) is 0 Å². The van der Waals surface area contributed by atoms with Crippen LogP contribution in [-0.2, 0) is 9.53 Å². The quantitative estimate of drug-likeness (QED) is 0.671. The van der Waals surface area contributed by atoms with E-state index in [0.717, 1.165) is 0 Å². The third kappa shape index (κ3) is 4.16. The number of carbonyl (C=O) groups excluding carboxylic acids is 2. The Balaban J connectivity index is 1.56. The summed E-state index contributed by atoms with van der Waals surface area (Å²) in [6.45, 7) is -0.462. The van der Waals surface area contributed by atoms with Gasteiger partial charge in [-0.1, -0.05) is 29.3 Å². The fourth-order valence-electron chi connectivity index (χ4n) is 2.03. The van der Waals surface area contributed by atoms with Crippen LogP contribution in [0.1, 0.15) is 10.4 Å². The van der Waals surface area contributed by atoms with E-state index in [4.69, 9.17) is 27.9 Å². The topological polar surface area (TPSA) is 99.0 Å². The van der Waals surface area contributed by atoms with Gasteiger partial charge in [-0.2, -0.15) is 0 Å². The number of ether oxygens (including phenoxy) is 1. The number of amides is 1. The molecule has 132 valence electrons. The SMILES string of the molecule is O=C(COC(=O)c1ccc(-n2cnnn2)cc1)Nc1cccc(Cl)c1Cl. The van der Waals surface area contributed by atoms with E-state index in [2.05, 4.69) is 20.8 Å². The molecule has 0 bridgehead atoms. The number of benzene rings is 2. The number of anilines is 1. The molecule has 0 saturated heterocycles. The number of nitrogens with zero attached hydrogens (tertiary/aromatic N) is 4. The zero-order chi connectivity index (χ0) is 18.5. The number of tetrazole rings is 1. The van der Waals surface area contributed by atoms with Gasteiger partial charge in [-0.05, 0) is 46.8 Å². The second-order valence-electron chi connectivity index (χ2n) is 5.03. The number of hydrogen-bond acceptors (Lipinski definition) is 6. The smallest absolute Gasteiger partial charge is 0.338 e. The van der Waals surface area contributed by atoms with E-state index in [1.807, 2.05) is 0 Å². The van der Waals surface area contributed by atoms with Crippen LogP contribution in [0.25, 0.3) is 5.69 Å². The zero-order valence-corrected chi connectivity index (χ0v) is 14.6. The van der Waals surface area contributed by atoms with Crippen LogP contribution >= 0.6 is 23.2 Å². The predicted molar refractivity (Wildman–Crippen MR) is 94.5 cm³/mol. The van der Waals surface area contributed by atoms with E-state index in [1.165, 1.54) is 11.0 Å². The monoisotopic (exact) mass is 391 g/mol. The average molecular weight is 392 g/mol. The predicted octanol–water partition coefficient (Wildman–Crippen LogP) is 2.76. The first-order chi connectivity index (χ1) is 12.5. The molecule has 0 aliphatic heterocycles. The number of hydrogen-bond donors (Lipinski definition) is 1. The molecule has 2 aromatic carbocycles. The van der Waals surface area contributed by atoms with E-state index in [1.54, 1.807) is 42.5 Å². The van der Waals surface area contributed by atoms with Crippen molar-refractivity contribution < 1.29 is 14.3 Å². The Morgan fingerprint density at radius 2 is 1.88 bits per heavy atom. The molecule has 0 atom stereocenters. The fraction of sp³-hybridized carbons (Fsp3) is 0.0625. The number of carbonyl (C=O) groups is 2. The molecule has 0 unspecified atom stereocenters. The van der Waals surface area contributed by atoms with Crippen molar-refractivity contribution in [2.45, 2.75) is 0 Å². The van der Waals surface area contributed by atoms with Gasteiger partial charge in [0.05, 0.1) is 27.0 Å². The van der Waals surface area contributed by atoms with Gasteiger partial charge in [0.25, 0.3) is 5.91 Å². The second-order valence-corrected chi connectivity index (χ2v) is 5.81. The molecule has 3 rings (SSSR count). The van der Waals surface area contributed by atoms with E-state index < -0.39 is 18.5 Å². The molecule has 8 nitrogen and oxygen atoms in total. The van der Waals surface area contributed by atoms with Crippen LogP contribution in [0.3, 0.4) is 0 Å². The third-order valence-corrected chi connectivity index (χ3v) is 4.10. The first kappa shape index (κ1) is 17.8. The van der Waals surface area contributed by atoms with Gasteiger partial charge in [-0.25, -0.2) is 9.48 Å². The average Bonchev–Trinajstić information content (AvgIpc) is 3.18. The summed E-state index contributed by atoms with van der Waals surface area (Å²) in [6.07, 6.45) is 1.43. The lowest BCUT2D eigenvalue weighted by molar-refractivity contribution is -0.119. The number of aromatic nitrogens is 4. The Hall–Kier alpha value is -2.97. The normalized spacial score (nSPS) is 10.4. The number of esters is 1. The van der Waals surface area contributed by atoms with Crippen molar-refractivity contribution in [1.82, 2.24) is 20.2 Å². The van der Waals surface area contributed by atoms with Crippen LogP contribution in [0, 0.1) is 0 Å². The highest BCUT2D eigenvalue weighted by Crippen LogP contribution is 2.29. The minimum Gasteiger partial charge on any atom is -0.452 e. The summed E-state index contributed by atoms with van der Waals surface area (Å²) >= 11 is 11.9. The summed E-state index contributed by atoms with van der Waals surface area (Å²) in [4.78, 5) is 23.9. The van der Waals surface area contributed by atoms with E-state index in [0.29, 0.717) is 16.4 Å². The van der Waals surface area contributed by atoms with Gasteiger partial charge < -0.3 is 10.1 Å². The number of halogens is 2. The summed E-state index contributed by atoms with van der Waals surface area (Å²) in [5.74, 6) is -1.17. The van der Waals surface area contributed by atoms with Gasteiger partial charge in [-0.15, -0.1) is 5.10 Å². The molecule has 0 radical (unpaired) electrons. The van der Waals surface area contributed by atoms with Gasteiger partial charge >= 0.3 is 5.97 Å². The molecule has 0 spiro atoms. The molecule has 10 heteroatoms. The molecule has 3 aromatic rings. The molecule has 1 aromatic heterocycles. The lowest BCUT2D eigenvalue weighted by Gasteiger charge is -2.09. The van der Waals surface area contributed by atoms with Crippen LogP contribution in [0.5, 0.6) is 0 Å². The molecular weight excluding hydrogens is 381 g/mol. The molecule has 0 fully saturated rings. The van der Waals surface area contributed by atoms with E-state index in [9.17, 15) is 9.59 Å². The number of rotatable bonds is 5. The van der Waals surface area contributed by atoms with Gasteiger partial charge in [-0.3, -0.25) is 4.79 Å². The van der Waals surface area contributed by atoms with Crippen molar-refractivity contribution in [2.24, 2.45) is 0 Å².